The van der Waals surface area contributed by atoms with E-state index in [1.807, 2.05) is 0 Å². The van der Waals surface area contributed by atoms with Crippen LogP contribution in [-0.4, -0.2) is 31.3 Å². The van der Waals surface area contributed by atoms with Crippen LogP contribution in [0.25, 0.3) is 0 Å². The molecule has 0 aliphatic rings. The van der Waals surface area contributed by atoms with Gasteiger partial charge in [0.15, 0.2) is 9.84 Å². The molecule has 0 radical (unpaired) electrons. The quantitative estimate of drug-likeness (QED) is 0.480. The molecule has 0 heterocycles. The Morgan fingerprint density at radius 3 is 2.53 bits per heavy atom. The predicted molar refractivity (Wildman–Crippen MR) is 54.4 cm³/mol. The molecule has 15 heavy (non-hydrogen) atoms. The summed E-state index contributed by atoms with van der Waals surface area (Å²) in [6.07, 6.45) is 0.985. The van der Waals surface area contributed by atoms with Crippen molar-refractivity contribution in [3.8, 4) is 0 Å². The Morgan fingerprint density at radius 1 is 1.47 bits per heavy atom. The van der Waals surface area contributed by atoms with Crippen molar-refractivity contribution in [1.82, 2.24) is 0 Å². The van der Waals surface area contributed by atoms with E-state index in [2.05, 4.69) is 5.16 Å². The lowest BCUT2D eigenvalue weighted by Crippen LogP contribution is -2.17. The molecule has 0 aliphatic heterocycles. The summed E-state index contributed by atoms with van der Waals surface area (Å²) in [6, 6.07) is 5.53. The molecule has 1 rings (SSSR count). The summed E-state index contributed by atoms with van der Waals surface area (Å²) in [6.45, 7) is 0. The van der Waals surface area contributed by atoms with Crippen LogP contribution in [-0.2, 0) is 9.84 Å². The molecular formula is C9H10FNO3S. The number of oxime groups is 1. The molecule has 6 heteroatoms. The van der Waals surface area contributed by atoms with Crippen molar-refractivity contribution in [3.05, 3.63) is 35.6 Å². The highest BCUT2D eigenvalue weighted by atomic mass is 32.2. The maximum Gasteiger partial charge on any atom is 0.153 e. The first-order valence-electron chi connectivity index (χ1n) is 4.07. The molecule has 0 bridgehead atoms. The van der Waals surface area contributed by atoms with E-state index in [4.69, 9.17) is 5.21 Å². The van der Waals surface area contributed by atoms with Crippen LogP contribution in [0.3, 0.4) is 0 Å². The average molecular weight is 231 g/mol. The lowest BCUT2D eigenvalue weighted by molar-refractivity contribution is 0.319. The molecule has 82 valence electrons. The minimum Gasteiger partial charge on any atom is -0.411 e. The topological polar surface area (TPSA) is 66.7 Å². The Bertz CT molecular complexity index is 482. The van der Waals surface area contributed by atoms with Crippen LogP contribution in [0.1, 0.15) is 5.56 Å². The standard InChI is InChI=1S/C9H10FNO3S/c1-15(13,14)6-9(11-12)7-4-2-3-5-8(7)10/h2-5,12H,6H2,1H3/b11-9-. The minimum absolute atomic E-state index is 0.00887. The first-order valence-corrected chi connectivity index (χ1v) is 6.13. The highest BCUT2D eigenvalue weighted by Gasteiger charge is 2.15. The van der Waals surface area contributed by atoms with Crippen LogP contribution in [0.15, 0.2) is 29.4 Å². The zero-order valence-electron chi connectivity index (χ0n) is 8.01. The fourth-order valence-electron chi connectivity index (χ4n) is 1.10. The maximum absolute atomic E-state index is 13.2. The fourth-order valence-corrected chi connectivity index (χ4v) is 1.81. The monoisotopic (exact) mass is 231 g/mol. The van der Waals surface area contributed by atoms with E-state index in [9.17, 15) is 12.8 Å². The van der Waals surface area contributed by atoms with E-state index >= 15 is 0 Å². The zero-order chi connectivity index (χ0) is 11.5. The number of hydrogen-bond acceptors (Lipinski definition) is 4. The van der Waals surface area contributed by atoms with Crippen molar-refractivity contribution in [3.63, 3.8) is 0 Å². The molecule has 0 aromatic heterocycles. The van der Waals surface area contributed by atoms with Crippen molar-refractivity contribution >= 4 is 15.5 Å². The van der Waals surface area contributed by atoms with Gasteiger partial charge in [0.25, 0.3) is 0 Å². The van der Waals surface area contributed by atoms with Gasteiger partial charge in [0.1, 0.15) is 11.5 Å². The smallest absolute Gasteiger partial charge is 0.153 e. The maximum atomic E-state index is 13.2. The van der Waals surface area contributed by atoms with Gasteiger partial charge in [-0.15, -0.1) is 0 Å². The predicted octanol–water partition coefficient (Wildman–Crippen LogP) is 1.05. The van der Waals surface area contributed by atoms with Gasteiger partial charge in [0.2, 0.25) is 0 Å². The van der Waals surface area contributed by atoms with Gasteiger partial charge in [0.05, 0.1) is 5.75 Å². The molecule has 1 aromatic carbocycles. The summed E-state index contributed by atoms with van der Waals surface area (Å²) in [5.74, 6) is -1.11. The molecular weight excluding hydrogens is 221 g/mol. The third-order valence-electron chi connectivity index (χ3n) is 1.70. The summed E-state index contributed by atoms with van der Waals surface area (Å²) in [7, 11) is -3.36. The number of benzene rings is 1. The molecule has 0 aliphatic carbocycles. The Hall–Kier alpha value is -1.43. The molecule has 0 saturated heterocycles. The summed E-state index contributed by atoms with van der Waals surface area (Å²) < 4.78 is 35.2. The SMILES string of the molecule is CS(=O)(=O)C/C(=N/O)c1ccccc1F. The van der Waals surface area contributed by atoms with Gasteiger partial charge in [-0.1, -0.05) is 23.4 Å². The van der Waals surface area contributed by atoms with Crippen LogP contribution in [0.4, 0.5) is 4.39 Å². The number of rotatable bonds is 3. The van der Waals surface area contributed by atoms with Crippen molar-refractivity contribution in [2.24, 2.45) is 5.16 Å². The van der Waals surface area contributed by atoms with Crippen LogP contribution in [0, 0.1) is 5.82 Å². The van der Waals surface area contributed by atoms with E-state index in [-0.39, 0.29) is 11.3 Å². The number of hydrogen-bond donors (Lipinski definition) is 1. The Morgan fingerprint density at radius 2 is 2.07 bits per heavy atom. The second-order valence-corrected chi connectivity index (χ2v) is 5.24. The highest BCUT2D eigenvalue weighted by Crippen LogP contribution is 2.09. The molecule has 0 amide bonds. The first kappa shape index (κ1) is 11.6. The molecule has 0 saturated carbocycles. The lowest BCUT2D eigenvalue weighted by atomic mass is 10.1. The summed E-state index contributed by atoms with van der Waals surface area (Å²) in [5.41, 5.74) is -0.207. The molecule has 0 atom stereocenters. The van der Waals surface area contributed by atoms with Gasteiger partial charge in [-0.25, -0.2) is 12.8 Å². The molecule has 0 unspecified atom stereocenters. The van der Waals surface area contributed by atoms with E-state index in [0.29, 0.717) is 0 Å². The van der Waals surface area contributed by atoms with Crippen LogP contribution in [0.2, 0.25) is 0 Å². The van der Waals surface area contributed by atoms with Gasteiger partial charge in [-0.2, -0.15) is 0 Å². The number of sulfone groups is 1. The van der Waals surface area contributed by atoms with Gasteiger partial charge in [-0.05, 0) is 6.07 Å². The van der Waals surface area contributed by atoms with Gasteiger partial charge in [-0.3, -0.25) is 0 Å². The minimum atomic E-state index is -3.36. The zero-order valence-corrected chi connectivity index (χ0v) is 8.83. The second-order valence-electron chi connectivity index (χ2n) is 3.10. The van der Waals surface area contributed by atoms with Crippen molar-refractivity contribution < 1.29 is 18.0 Å². The van der Waals surface area contributed by atoms with E-state index in [1.54, 1.807) is 0 Å². The summed E-state index contributed by atoms with van der Waals surface area (Å²) >= 11 is 0. The van der Waals surface area contributed by atoms with Crippen LogP contribution in [0.5, 0.6) is 0 Å². The Labute approximate surface area is 87.0 Å². The molecule has 4 nitrogen and oxygen atoms in total. The van der Waals surface area contributed by atoms with Crippen molar-refractivity contribution in [2.45, 2.75) is 0 Å². The van der Waals surface area contributed by atoms with Gasteiger partial charge >= 0.3 is 0 Å². The van der Waals surface area contributed by atoms with Crippen molar-refractivity contribution in [2.75, 3.05) is 12.0 Å². The molecule has 0 spiro atoms. The molecule has 1 aromatic rings. The number of halogens is 1. The van der Waals surface area contributed by atoms with Crippen molar-refractivity contribution in [1.29, 1.82) is 0 Å². The summed E-state index contributed by atoms with van der Waals surface area (Å²) in [4.78, 5) is 0. The first-order chi connectivity index (χ1) is 6.94. The summed E-state index contributed by atoms with van der Waals surface area (Å²) in [5, 5.41) is 11.4. The van der Waals surface area contributed by atoms with E-state index < -0.39 is 21.4 Å². The second kappa shape index (κ2) is 4.39. The van der Waals surface area contributed by atoms with E-state index in [1.165, 1.54) is 24.3 Å². The fraction of sp³-hybridized carbons (Fsp3) is 0.222. The van der Waals surface area contributed by atoms with Crippen LogP contribution >= 0.6 is 0 Å². The third kappa shape index (κ3) is 3.32. The van der Waals surface area contributed by atoms with Crippen LogP contribution < -0.4 is 0 Å². The van der Waals surface area contributed by atoms with E-state index in [0.717, 1.165) is 6.26 Å². The Kier molecular flexibility index (Phi) is 3.41. The largest absolute Gasteiger partial charge is 0.411 e. The van der Waals surface area contributed by atoms with Gasteiger partial charge in [0, 0.05) is 11.8 Å². The number of nitrogens with zero attached hydrogens (tertiary/aromatic N) is 1. The van der Waals surface area contributed by atoms with Gasteiger partial charge < -0.3 is 5.21 Å². The lowest BCUT2D eigenvalue weighted by Gasteiger charge is -2.03. The normalized spacial score (nSPS) is 12.8. The highest BCUT2D eigenvalue weighted by molar-refractivity contribution is 7.91. The Balaban J connectivity index is 3.11. The molecule has 1 N–H and O–H groups in total. The third-order valence-corrected chi connectivity index (χ3v) is 2.50. The average Bonchev–Trinajstić information content (AvgIpc) is 2.14. The molecule has 0 fully saturated rings.